The van der Waals surface area contributed by atoms with Crippen molar-refractivity contribution in [2.45, 2.75) is 12.5 Å². The largest absolute Gasteiger partial charge is 0.396 e. The molecule has 1 aliphatic rings. The van der Waals surface area contributed by atoms with Gasteiger partial charge < -0.3 is 15.7 Å². The van der Waals surface area contributed by atoms with Gasteiger partial charge in [-0.2, -0.15) is 0 Å². The minimum absolute atomic E-state index is 0.290. The lowest BCUT2D eigenvalue weighted by Crippen LogP contribution is -2.47. The molecule has 10 heavy (non-hydrogen) atoms. The van der Waals surface area contributed by atoms with Crippen molar-refractivity contribution in [3.63, 3.8) is 0 Å². The minimum atomic E-state index is 0.290. The molecule has 1 unspecified atom stereocenters. The lowest BCUT2D eigenvalue weighted by molar-refractivity contribution is 0.167. The van der Waals surface area contributed by atoms with Gasteiger partial charge in [-0.05, 0) is 20.0 Å². The number of rotatable bonds is 2. The van der Waals surface area contributed by atoms with Crippen molar-refractivity contribution in [3.8, 4) is 0 Å². The highest BCUT2D eigenvalue weighted by Crippen LogP contribution is 2.09. The van der Waals surface area contributed by atoms with Crippen molar-refractivity contribution < 1.29 is 5.11 Å². The van der Waals surface area contributed by atoms with E-state index in [1.807, 2.05) is 7.05 Å². The van der Waals surface area contributed by atoms with Crippen LogP contribution in [0.2, 0.25) is 0 Å². The Labute approximate surface area is 61.8 Å². The van der Waals surface area contributed by atoms with Crippen LogP contribution in [-0.2, 0) is 0 Å². The molecule has 0 saturated carbocycles. The van der Waals surface area contributed by atoms with Gasteiger partial charge in [0.05, 0.1) is 0 Å². The Bertz CT molecular complexity index is 85.6. The first kappa shape index (κ1) is 7.98. The van der Waals surface area contributed by atoms with Crippen LogP contribution < -0.4 is 10.6 Å². The van der Waals surface area contributed by atoms with E-state index in [4.69, 9.17) is 5.11 Å². The monoisotopic (exact) mass is 144 g/mol. The zero-order chi connectivity index (χ0) is 7.40. The minimum Gasteiger partial charge on any atom is -0.396 e. The molecule has 0 aromatic heterocycles. The molecule has 3 nitrogen and oxygen atoms in total. The fourth-order valence-electron chi connectivity index (χ4n) is 1.49. The average Bonchev–Trinajstić information content (AvgIpc) is 2.04. The maximum atomic E-state index is 8.91. The summed E-state index contributed by atoms with van der Waals surface area (Å²) in [6.45, 7) is 2.31. The lowest BCUT2D eigenvalue weighted by atomic mass is 9.94. The van der Waals surface area contributed by atoms with E-state index in [2.05, 4.69) is 10.6 Å². The molecule has 1 heterocycles. The summed E-state index contributed by atoms with van der Waals surface area (Å²) in [5.74, 6) is 0.402. The summed E-state index contributed by atoms with van der Waals surface area (Å²) in [4.78, 5) is 0. The normalized spacial score (nSPS) is 34.2. The van der Waals surface area contributed by atoms with Crippen LogP contribution in [-0.4, -0.2) is 37.9 Å². The summed E-state index contributed by atoms with van der Waals surface area (Å²) in [6, 6.07) is 0.506. The molecule has 1 saturated heterocycles. The van der Waals surface area contributed by atoms with Crippen molar-refractivity contribution in [2.75, 3.05) is 26.7 Å². The summed E-state index contributed by atoms with van der Waals surface area (Å²) in [6.07, 6.45) is 1.13. The topological polar surface area (TPSA) is 44.3 Å². The Hall–Kier alpha value is -0.120. The van der Waals surface area contributed by atoms with Gasteiger partial charge in [0.15, 0.2) is 0 Å². The van der Waals surface area contributed by atoms with Gasteiger partial charge in [-0.3, -0.25) is 0 Å². The predicted octanol–water partition coefficient (Wildman–Crippen LogP) is -0.824. The Morgan fingerprint density at radius 1 is 1.70 bits per heavy atom. The number of hydrogen-bond donors (Lipinski definition) is 3. The van der Waals surface area contributed by atoms with Crippen LogP contribution in [0.5, 0.6) is 0 Å². The maximum absolute atomic E-state index is 8.91. The second-order valence-electron chi connectivity index (χ2n) is 2.83. The molecule has 2 atom stereocenters. The van der Waals surface area contributed by atoms with E-state index < -0.39 is 0 Å². The smallest absolute Gasteiger partial charge is 0.0486 e. The fraction of sp³-hybridized carbons (Fsp3) is 1.00. The van der Waals surface area contributed by atoms with Gasteiger partial charge in [-0.25, -0.2) is 0 Å². The molecular formula is C7H16N2O. The summed E-state index contributed by atoms with van der Waals surface area (Å²) >= 11 is 0. The summed E-state index contributed by atoms with van der Waals surface area (Å²) in [5.41, 5.74) is 0. The molecule has 0 aromatic rings. The van der Waals surface area contributed by atoms with Gasteiger partial charge in [0, 0.05) is 25.1 Å². The van der Waals surface area contributed by atoms with E-state index in [1.54, 1.807) is 0 Å². The van der Waals surface area contributed by atoms with Gasteiger partial charge in [0.2, 0.25) is 0 Å². The van der Waals surface area contributed by atoms with Crippen LogP contribution in [0, 0.1) is 5.92 Å². The highest BCUT2D eigenvalue weighted by molar-refractivity contribution is 4.81. The van der Waals surface area contributed by atoms with Crippen LogP contribution in [0.3, 0.4) is 0 Å². The molecule has 0 bridgehead atoms. The van der Waals surface area contributed by atoms with Crippen LogP contribution in [0.25, 0.3) is 0 Å². The van der Waals surface area contributed by atoms with Crippen LogP contribution in [0.1, 0.15) is 6.42 Å². The molecule has 0 aromatic carbocycles. The third-order valence-corrected chi connectivity index (χ3v) is 2.21. The molecule has 0 aliphatic carbocycles. The molecule has 60 valence electrons. The Morgan fingerprint density at radius 2 is 2.50 bits per heavy atom. The first-order valence-electron chi connectivity index (χ1n) is 3.87. The number of aliphatic hydroxyl groups is 1. The van der Waals surface area contributed by atoms with E-state index in [9.17, 15) is 0 Å². The molecule has 0 spiro atoms. The maximum Gasteiger partial charge on any atom is 0.0486 e. The number of nitrogens with one attached hydrogen (secondary N) is 2. The van der Waals surface area contributed by atoms with E-state index in [1.165, 1.54) is 0 Å². The number of piperidine rings is 1. The molecule has 1 rings (SSSR count). The summed E-state index contributed by atoms with van der Waals surface area (Å²) < 4.78 is 0. The lowest BCUT2D eigenvalue weighted by Gasteiger charge is -2.30. The zero-order valence-corrected chi connectivity index (χ0v) is 6.43. The van der Waals surface area contributed by atoms with Crippen molar-refractivity contribution >= 4 is 0 Å². The van der Waals surface area contributed by atoms with Crippen LogP contribution >= 0.6 is 0 Å². The second kappa shape index (κ2) is 3.91. The Morgan fingerprint density at radius 3 is 3.00 bits per heavy atom. The van der Waals surface area contributed by atoms with E-state index in [-0.39, 0.29) is 0 Å². The zero-order valence-electron chi connectivity index (χ0n) is 6.43. The van der Waals surface area contributed by atoms with Crippen molar-refractivity contribution in [1.29, 1.82) is 0 Å². The first-order valence-corrected chi connectivity index (χ1v) is 3.87. The van der Waals surface area contributed by atoms with E-state index in [0.29, 0.717) is 18.6 Å². The van der Waals surface area contributed by atoms with Crippen molar-refractivity contribution in [2.24, 2.45) is 5.92 Å². The standard InChI is InChI=1S/C7H16N2O/c1-8-7-2-3-9-4-6(7)5-10/h6-10H,2-5H2,1H3/t6?,7-/m1/s1. The predicted molar refractivity (Wildman–Crippen MR) is 40.9 cm³/mol. The molecule has 0 radical (unpaired) electrons. The van der Waals surface area contributed by atoms with Crippen molar-refractivity contribution in [1.82, 2.24) is 10.6 Å². The average molecular weight is 144 g/mol. The molecular weight excluding hydrogens is 128 g/mol. The van der Waals surface area contributed by atoms with Crippen molar-refractivity contribution in [3.05, 3.63) is 0 Å². The van der Waals surface area contributed by atoms with Gasteiger partial charge in [-0.15, -0.1) is 0 Å². The summed E-state index contributed by atoms with van der Waals surface area (Å²) in [7, 11) is 1.96. The fourth-order valence-corrected chi connectivity index (χ4v) is 1.49. The number of hydrogen-bond acceptors (Lipinski definition) is 3. The Balaban J connectivity index is 2.34. The molecule has 3 heteroatoms. The van der Waals surface area contributed by atoms with E-state index >= 15 is 0 Å². The third-order valence-electron chi connectivity index (χ3n) is 2.21. The van der Waals surface area contributed by atoms with Gasteiger partial charge >= 0.3 is 0 Å². The highest BCUT2D eigenvalue weighted by Gasteiger charge is 2.21. The van der Waals surface area contributed by atoms with Crippen LogP contribution in [0.15, 0.2) is 0 Å². The van der Waals surface area contributed by atoms with Gasteiger partial charge in [-0.1, -0.05) is 0 Å². The van der Waals surface area contributed by atoms with Gasteiger partial charge in [0.25, 0.3) is 0 Å². The summed E-state index contributed by atoms with van der Waals surface area (Å²) in [5, 5.41) is 15.4. The van der Waals surface area contributed by atoms with E-state index in [0.717, 1.165) is 19.5 Å². The second-order valence-corrected chi connectivity index (χ2v) is 2.83. The quantitative estimate of drug-likeness (QED) is 0.474. The third kappa shape index (κ3) is 1.68. The molecule has 1 aliphatic heterocycles. The SMILES string of the molecule is CN[C@@H]1CCNCC1CO. The van der Waals surface area contributed by atoms with Crippen LogP contribution in [0.4, 0.5) is 0 Å². The molecule has 3 N–H and O–H groups in total. The molecule has 1 fully saturated rings. The highest BCUT2D eigenvalue weighted by atomic mass is 16.3. The molecule has 0 amide bonds. The van der Waals surface area contributed by atoms with Gasteiger partial charge in [0.1, 0.15) is 0 Å². The Kier molecular flexibility index (Phi) is 3.12. The number of aliphatic hydroxyl groups excluding tert-OH is 1. The first-order chi connectivity index (χ1) is 4.88.